The number of nitrogens with one attached hydrogen (secondary N) is 1. The minimum absolute atomic E-state index is 0.110. The molecule has 0 radical (unpaired) electrons. The zero-order chi connectivity index (χ0) is 14.1. The molecule has 0 aliphatic heterocycles. The van der Waals surface area contributed by atoms with E-state index in [4.69, 9.17) is 5.11 Å². The van der Waals surface area contributed by atoms with E-state index in [-0.39, 0.29) is 5.91 Å². The van der Waals surface area contributed by atoms with E-state index in [0.717, 1.165) is 18.6 Å². The highest BCUT2D eigenvalue weighted by Crippen LogP contribution is 2.25. The van der Waals surface area contributed by atoms with Gasteiger partial charge in [-0.15, -0.1) is 0 Å². The van der Waals surface area contributed by atoms with Crippen LogP contribution in [0.25, 0.3) is 0 Å². The standard InChI is InChI=1S/C14H23NO3S/c1-19-10-6-2-5-9-15-13(16)11-7-3-4-8-12(11)14(17)18/h3-4,11-12H,2,5-10H2,1H3,(H,15,16)(H,17,18)/t11-,12+/m1/s1. The summed E-state index contributed by atoms with van der Waals surface area (Å²) < 4.78 is 0. The Morgan fingerprint density at radius 3 is 2.53 bits per heavy atom. The Morgan fingerprint density at radius 1 is 1.21 bits per heavy atom. The monoisotopic (exact) mass is 285 g/mol. The number of hydrogen-bond donors (Lipinski definition) is 2. The molecule has 0 saturated carbocycles. The summed E-state index contributed by atoms with van der Waals surface area (Å²) in [5.41, 5.74) is 0. The second-order valence-electron chi connectivity index (χ2n) is 4.84. The lowest BCUT2D eigenvalue weighted by Gasteiger charge is -2.24. The lowest BCUT2D eigenvalue weighted by Crippen LogP contribution is -2.39. The SMILES string of the molecule is CSCCCCCNC(=O)[C@@H]1CC=CC[C@@H]1C(=O)O. The minimum Gasteiger partial charge on any atom is -0.481 e. The van der Waals surface area contributed by atoms with Crippen molar-refractivity contribution in [2.24, 2.45) is 11.8 Å². The Kier molecular flexibility index (Phi) is 7.63. The Hall–Kier alpha value is -0.970. The summed E-state index contributed by atoms with van der Waals surface area (Å²) in [6, 6.07) is 0. The number of unbranched alkanes of at least 4 members (excludes halogenated alkanes) is 2. The van der Waals surface area contributed by atoms with Crippen molar-refractivity contribution in [3.8, 4) is 0 Å². The molecule has 0 spiro atoms. The Morgan fingerprint density at radius 2 is 1.89 bits per heavy atom. The number of amides is 1. The van der Waals surface area contributed by atoms with Crippen molar-refractivity contribution in [3.05, 3.63) is 12.2 Å². The third-order valence-electron chi connectivity index (χ3n) is 3.41. The maximum atomic E-state index is 12.0. The van der Waals surface area contributed by atoms with Crippen LogP contribution < -0.4 is 5.32 Å². The van der Waals surface area contributed by atoms with Gasteiger partial charge in [-0.3, -0.25) is 9.59 Å². The summed E-state index contributed by atoms with van der Waals surface area (Å²) in [4.78, 5) is 23.1. The molecule has 1 amide bonds. The summed E-state index contributed by atoms with van der Waals surface area (Å²) in [7, 11) is 0. The quantitative estimate of drug-likeness (QED) is 0.530. The zero-order valence-electron chi connectivity index (χ0n) is 11.4. The van der Waals surface area contributed by atoms with Crippen molar-refractivity contribution >= 4 is 23.6 Å². The highest BCUT2D eigenvalue weighted by Gasteiger charge is 2.33. The molecular formula is C14H23NO3S. The van der Waals surface area contributed by atoms with Crippen LogP contribution in [0.5, 0.6) is 0 Å². The summed E-state index contributed by atoms with van der Waals surface area (Å²) >= 11 is 1.83. The lowest BCUT2D eigenvalue weighted by atomic mass is 9.82. The summed E-state index contributed by atoms with van der Waals surface area (Å²) in [6.07, 6.45) is 10.1. The highest BCUT2D eigenvalue weighted by molar-refractivity contribution is 7.98. The molecule has 1 aliphatic rings. The van der Waals surface area contributed by atoms with Crippen LogP contribution in [0.2, 0.25) is 0 Å². The van der Waals surface area contributed by atoms with Gasteiger partial charge < -0.3 is 10.4 Å². The van der Waals surface area contributed by atoms with Crippen molar-refractivity contribution in [1.29, 1.82) is 0 Å². The van der Waals surface area contributed by atoms with Crippen molar-refractivity contribution < 1.29 is 14.7 Å². The second-order valence-corrected chi connectivity index (χ2v) is 5.82. The average molecular weight is 285 g/mol. The third kappa shape index (κ3) is 5.68. The second kappa shape index (κ2) is 9.02. The van der Waals surface area contributed by atoms with Gasteiger partial charge >= 0.3 is 5.97 Å². The normalized spacial score (nSPS) is 22.2. The molecule has 0 aromatic rings. The largest absolute Gasteiger partial charge is 0.481 e. The number of allylic oxidation sites excluding steroid dienone is 2. The van der Waals surface area contributed by atoms with Crippen LogP contribution in [0, 0.1) is 11.8 Å². The first-order chi connectivity index (χ1) is 9.16. The lowest BCUT2D eigenvalue weighted by molar-refractivity contribution is -0.147. The fourth-order valence-electron chi connectivity index (χ4n) is 2.27. The van der Waals surface area contributed by atoms with E-state index in [9.17, 15) is 9.59 Å². The maximum absolute atomic E-state index is 12.0. The molecule has 1 rings (SSSR count). The van der Waals surface area contributed by atoms with Crippen LogP contribution in [0.3, 0.4) is 0 Å². The van der Waals surface area contributed by atoms with Crippen LogP contribution in [0.4, 0.5) is 0 Å². The van der Waals surface area contributed by atoms with E-state index in [1.54, 1.807) is 0 Å². The van der Waals surface area contributed by atoms with Crippen LogP contribution in [-0.4, -0.2) is 35.5 Å². The van der Waals surface area contributed by atoms with Gasteiger partial charge in [-0.05, 0) is 37.7 Å². The smallest absolute Gasteiger partial charge is 0.307 e. The summed E-state index contributed by atoms with van der Waals surface area (Å²) in [5.74, 6) is -0.802. The van der Waals surface area contributed by atoms with Crippen molar-refractivity contribution in [2.45, 2.75) is 32.1 Å². The molecule has 2 N–H and O–H groups in total. The van der Waals surface area contributed by atoms with Gasteiger partial charge in [-0.25, -0.2) is 0 Å². The number of carbonyl (C=O) groups is 2. The molecule has 0 aromatic carbocycles. The topological polar surface area (TPSA) is 66.4 Å². The van der Waals surface area contributed by atoms with Gasteiger partial charge in [0.25, 0.3) is 0 Å². The van der Waals surface area contributed by atoms with Crippen LogP contribution in [-0.2, 0) is 9.59 Å². The van der Waals surface area contributed by atoms with Crippen LogP contribution >= 0.6 is 11.8 Å². The number of hydrogen-bond acceptors (Lipinski definition) is 3. The van der Waals surface area contributed by atoms with Crippen LogP contribution in [0.1, 0.15) is 32.1 Å². The molecule has 0 heterocycles. The molecule has 19 heavy (non-hydrogen) atoms. The molecule has 0 unspecified atom stereocenters. The Labute approximate surface area is 119 Å². The summed E-state index contributed by atoms with van der Waals surface area (Å²) in [5, 5.41) is 12.0. The number of rotatable bonds is 8. The van der Waals surface area contributed by atoms with Gasteiger partial charge in [-0.1, -0.05) is 18.6 Å². The van der Waals surface area contributed by atoms with Crippen molar-refractivity contribution in [1.82, 2.24) is 5.32 Å². The first-order valence-electron chi connectivity index (χ1n) is 6.81. The number of carboxylic acids is 1. The van der Waals surface area contributed by atoms with Gasteiger partial charge in [-0.2, -0.15) is 11.8 Å². The van der Waals surface area contributed by atoms with E-state index < -0.39 is 17.8 Å². The fourth-order valence-corrected chi connectivity index (χ4v) is 2.76. The van der Waals surface area contributed by atoms with Crippen LogP contribution in [0.15, 0.2) is 12.2 Å². The Bertz CT molecular complexity index is 331. The van der Waals surface area contributed by atoms with Gasteiger partial charge in [0.2, 0.25) is 5.91 Å². The highest BCUT2D eigenvalue weighted by atomic mass is 32.2. The van der Waals surface area contributed by atoms with Crippen molar-refractivity contribution in [3.63, 3.8) is 0 Å². The van der Waals surface area contributed by atoms with E-state index >= 15 is 0 Å². The Balaban J connectivity index is 2.27. The molecule has 0 aromatic heterocycles. The zero-order valence-corrected chi connectivity index (χ0v) is 12.2. The predicted octanol–water partition coefficient (Wildman–Crippen LogP) is 2.30. The first kappa shape index (κ1) is 16.1. The minimum atomic E-state index is -0.871. The molecule has 108 valence electrons. The molecule has 5 heteroatoms. The molecule has 0 bridgehead atoms. The van der Waals surface area contributed by atoms with Gasteiger partial charge in [0.1, 0.15) is 0 Å². The fraction of sp³-hybridized carbons (Fsp3) is 0.714. The molecule has 0 fully saturated rings. The molecular weight excluding hydrogens is 262 g/mol. The van der Waals surface area contributed by atoms with E-state index in [1.807, 2.05) is 23.9 Å². The van der Waals surface area contributed by atoms with Gasteiger partial charge in [0.15, 0.2) is 0 Å². The van der Waals surface area contributed by atoms with E-state index in [2.05, 4.69) is 11.6 Å². The van der Waals surface area contributed by atoms with Gasteiger partial charge in [0.05, 0.1) is 11.8 Å². The molecule has 1 aliphatic carbocycles. The predicted molar refractivity (Wildman–Crippen MR) is 78.2 cm³/mol. The molecule has 0 saturated heterocycles. The average Bonchev–Trinajstić information content (AvgIpc) is 2.42. The maximum Gasteiger partial charge on any atom is 0.307 e. The van der Waals surface area contributed by atoms with E-state index in [0.29, 0.717) is 19.4 Å². The number of carboxylic acid groups (broad SMARTS) is 1. The third-order valence-corrected chi connectivity index (χ3v) is 4.11. The number of carbonyl (C=O) groups excluding carboxylic acids is 1. The van der Waals surface area contributed by atoms with Gasteiger partial charge in [0, 0.05) is 6.54 Å². The van der Waals surface area contributed by atoms with Crippen molar-refractivity contribution in [2.75, 3.05) is 18.6 Å². The first-order valence-corrected chi connectivity index (χ1v) is 8.20. The summed E-state index contributed by atoms with van der Waals surface area (Å²) in [6.45, 7) is 0.653. The number of thioether (sulfide) groups is 1. The van der Waals surface area contributed by atoms with E-state index in [1.165, 1.54) is 6.42 Å². The molecule has 4 nitrogen and oxygen atoms in total. The molecule has 2 atom stereocenters. The number of aliphatic carboxylic acids is 1.